The van der Waals surface area contributed by atoms with Crippen molar-refractivity contribution in [3.05, 3.63) is 30.1 Å². The van der Waals surface area contributed by atoms with E-state index in [0.29, 0.717) is 5.56 Å². The molecular formula is C8H8BrN2O2+. The second kappa shape index (κ2) is 4.13. The van der Waals surface area contributed by atoms with Crippen LogP contribution in [0.3, 0.4) is 0 Å². The van der Waals surface area contributed by atoms with Crippen LogP contribution in [0.15, 0.2) is 24.5 Å². The van der Waals surface area contributed by atoms with E-state index in [4.69, 9.17) is 5.73 Å². The molecule has 0 aliphatic heterocycles. The summed E-state index contributed by atoms with van der Waals surface area (Å²) in [4.78, 5) is 21.4. The van der Waals surface area contributed by atoms with Gasteiger partial charge in [0.2, 0.25) is 11.2 Å². The molecule has 0 saturated heterocycles. The van der Waals surface area contributed by atoms with Crippen molar-refractivity contribution in [3.8, 4) is 0 Å². The van der Waals surface area contributed by atoms with Crippen LogP contribution in [0, 0.1) is 0 Å². The van der Waals surface area contributed by atoms with E-state index in [9.17, 15) is 9.59 Å². The number of nitrogens with zero attached hydrogens (tertiary/aromatic N) is 1. The second-order valence-corrected chi connectivity index (χ2v) is 3.23. The minimum absolute atomic E-state index is 0.0775. The standard InChI is InChI=1S/C8H7BrN2O2/c9-8(13)6-2-1-3-11(4-6)5-7(10)12/h1-4H,5H2,(H-,10,12)/p+1. The first kappa shape index (κ1) is 9.85. The maximum Gasteiger partial charge on any atom is 0.283 e. The SMILES string of the molecule is NC(=O)C[n+]1cccc(C(=O)Br)c1. The summed E-state index contributed by atoms with van der Waals surface area (Å²) >= 11 is 2.81. The van der Waals surface area contributed by atoms with Gasteiger partial charge < -0.3 is 5.73 Å². The third-order valence-corrected chi connectivity index (χ3v) is 1.88. The van der Waals surface area contributed by atoms with Crippen molar-refractivity contribution in [2.75, 3.05) is 0 Å². The van der Waals surface area contributed by atoms with Gasteiger partial charge >= 0.3 is 0 Å². The minimum atomic E-state index is -0.441. The van der Waals surface area contributed by atoms with Gasteiger partial charge in [-0.3, -0.25) is 9.59 Å². The molecule has 0 spiro atoms. The number of hydrogen-bond acceptors (Lipinski definition) is 2. The Kier molecular flexibility index (Phi) is 3.13. The van der Waals surface area contributed by atoms with Crippen LogP contribution < -0.4 is 10.3 Å². The van der Waals surface area contributed by atoms with Gasteiger partial charge in [-0.15, -0.1) is 0 Å². The molecule has 1 rings (SSSR count). The van der Waals surface area contributed by atoms with E-state index in [0.717, 1.165) is 0 Å². The first-order valence-corrected chi connectivity index (χ1v) is 4.36. The normalized spacial score (nSPS) is 9.62. The van der Waals surface area contributed by atoms with E-state index in [-0.39, 0.29) is 11.2 Å². The predicted molar refractivity (Wildman–Crippen MR) is 49.1 cm³/mol. The third kappa shape index (κ3) is 2.95. The van der Waals surface area contributed by atoms with E-state index in [1.807, 2.05) is 0 Å². The van der Waals surface area contributed by atoms with Crippen LogP contribution in [0.2, 0.25) is 0 Å². The van der Waals surface area contributed by atoms with Crippen LogP contribution in [0.1, 0.15) is 10.4 Å². The van der Waals surface area contributed by atoms with Crippen molar-refractivity contribution < 1.29 is 14.2 Å². The molecule has 1 amide bonds. The molecule has 0 fully saturated rings. The molecular weight excluding hydrogens is 236 g/mol. The lowest BCUT2D eigenvalue weighted by Crippen LogP contribution is -2.40. The Morgan fingerprint density at radius 3 is 2.77 bits per heavy atom. The van der Waals surface area contributed by atoms with E-state index in [2.05, 4.69) is 15.9 Å². The Morgan fingerprint density at radius 1 is 1.54 bits per heavy atom. The fraction of sp³-hybridized carbons (Fsp3) is 0.125. The van der Waals surface area contributed by atoms with Gasteiger partial charge in [0, 0.05) is 6.07 Å². The lowest BCUT2D eigenvalue weighted by Gasteiger charge is -1.94. The first-order chi connectivity index (χ1) is 6.09. The van der Waals surface area contributed by atoms with Crippen molar-refractivity contribution in [3.63, 3.8) is 0 Å². The van der Waals surface area contributed by atoms with Gasteiger partial charge in [0.25, 0.3) is 5.91 Å². The highest BCUT2D eigenvalue weighted by molar-refractivity contribution is 9.18. The number of rotatable bonds is 3. The Balaban J connectivity index is 2.91. The summed E-state index contributed by atoms with van der Waals surface area (Å²) in [6.07, 6.45) is 3.23. The minimum Gasteiger partial charge on any atom is -0.364 e. The molecule has 68 valence electrons. The van der Waals surface area contributed by atoms with Gasteiger partial charge in [-0.1, -0.05) is 0 Å². The highest BCUT2D eigenvalue weighted by Crippen LogP contribution is 2.00. The summed E-state index contributed by atoms with van der Waals surface area (Å²) < 4.78 is 1.34. The Morgan fingerprint density at radius 2 is 2.23 bits per heavy atom. The molecule has 4 nitrogen and oxygen atoms in total. The molecule has 0 radical (unpaired) electrons. The summed E-state index contributed by atoms with van der Waals surface area (Å²) in [5, 5.41) is 0. The zero-order valence-corrected chi connectivity index (χ0v) is 8.32. The molecule has 0 unspecified atom stereocenters. The van der Waals surface area contributed by atoms with Crippen molar-refractivity contribution >= 4 is 26.5 Å². The average Bonchev–Trinajstić information content (AvgIpc) is 2.03. The molecule has 0 saturated carbocycles. The summed E-state index contributed by atoms with van der Waals surface area (Å²) in [7, 11) is 0. The maximum absolute atomic E-state index is 10.9. The van der Waals surface area contributed by atoms with E-state index >= 15 is 0 Å². The lowest BCUT2D eigenvalue weighted by molar-refractivity contribution is -0.684. The number of halogens is 1. The Labute approximate surface area is 83.5 Å². The van der Waals surface area contributed by atoms with E-state index in [1.54, 1.807) is 29.1 Å². The van der Waals surface area contributed by atoms with Crippen molar-refractivity contribution in [1.29, 1.82) is 0 Å². The van der Waals surface area contributed by atoms with Gasteiger partial charge in [-0.25, -0.2) is 0 Å². The van der Waals surface area contributed by atoms with Gasteiger partial charge in [-0.2, -0.15) is 4.57 Å². The molecule has 0 aliphatic carbocycles. The number of hydrogen-bond donors (Lipinski definition) is 1. The molecule has 5 heteroatoms. The smallest absolute Gasteiger partial charge is 0.283 e. The van der Waals surface area contributed by atoms with Crippen molar-refractivity contribution in [2.45, 2.75) is 6.54 Å². The third-order valence-electron chi connectivity index (χ3n) is 1.42. The number of carbonyl (C=O) groups excluding carboxylic acids is 2. The zero-order chi connectivity index (χ0) is 9.84. The van der Waals surface area contributed by atoms with E-state index < -0.39 is 5.91 Å². The zero-order valence-electron chi connectivity index (χ0n) is 6.74. The molecule has 2 N–H and O–H groups in total. The van der Waals surface area contributed by atoms with Crippen molar-refractivity contribution in [1.82, 2.24) is 0 Å². The molecule has 1 heterocycles. The predicted octanol–water partition coefficient (Wildman–Crippen LogP) is -0.00550. The van der Waals surface area contributed by atoms with Crippen LogP contribution in [-0.4, -0.2) is 10.6 Å². The number of amides is 1. The molecule has 1 aromatic rings. The highest BCUT2D eigenvalue weighted by Gasteiger charge is 2.09. The monoisotopic (exact) mass is 243 g/mol. The highest BCUT2D eigenvalue weighted by atomic mass is 79.9. The number of nitrogens with two attached hydrogens (primary N) is 1. The average molecular weight is 244 g/mol. The number of pyridine rings is 1. The summed E-state index contributed by atoms with van der Waals surface area (Å²) in [5.41, 5.74) is 5.48. The fourth-order valence-corrected chi connectivity index (χ4v) is 1.15. The molecule has 0 aliphatic rings. The summed E-state index contributed by atoms with van der Waals surface area (Å²) in [6.45, 7) is 0.0775. The topological polar surface area (TPSA) is 64.0 Å². The first-order valence-electron chi connectivity index (χ1n) is 3.57. The van der Waals surface area contributed by atoms with Crippen LogP contribution in [-0.2, 0) is 11.3 Å². The quantitative estimate of drug-likeness (QED) is 0.600. The number of aromatic nitrogens is 1. The van der Waals surface area contributed by atoms with E-state index in [1.165, 1.54) is 0 Å². The van der Waals surface area contributed by atoms with Crippen LogP contribution >= 0.6 is 15.9 Å². The Hall–Kier alpha value is -1.23. The van der Waals surface area contributed by atoms with Crippen LogP contribution in [0.25, 0.3) is 0 Å². The molecule has 0 aromatic carbocycles. The van der Waals surface area contributed by atoms with Crippen molar-refractivity contribution in [2.24, 2.45) is 5.73 Å². The lowest BCUT2D eigenvalue weighted by atomic mass is 10.3. The Bertz CT molecular complexity index is 352. The maximum atomic E-state index is 10.9. The van der Waals surface area contributed by atoms with Crippen LogP contribution in [0.5, 0.6) is 0 Å². The summed E-state index contributed by atoms with van der Waals surface area (Å²) in [6, 6.07) is 3.33. The summed E-state index contributed by atoms with van der Waals surface area (Å²) in [5.74, 6) is -0.441. The van der Waals surface area contributed by atoms with Gasteiger partial charge in [-0.05, 0) is 22.0 Å². The van der Waals surface area contributed by atoms with Gasteiger partial charge in [0.15, 0.2) is 12.4 Å². The molecule has 1 aromatic heterocycles. The van der Waals surface area contributed by atoms with Gasteiger partial charge in [0.1, 0.15) is 0 Å². The molecule has 0 atom stereocenters. The molecule has 0 bridgehead atoms. The van der Waals surface area contributed by atoms with Crippen LogP contribution in [0.4, 0.5) is 0 Å². The van der Waals surface area contributed by atoms with Gasteiger partial charge in [0.05, 0.1) is 5.56 Å². The number of carbonyl (C=O) groups is 2. The fourth-order valence-electron chi connectivity index (χ4n) is 0.917. The largest absolute Gasteiger partial charge is 0.364 e. The molecule has 13 heavy (non-hydrogen) atoms. The second-order valence-electron chi connectivity index (χ2n) is 2.50. The number of primary amides is 1.